The number of halogens is 2. The lowest BCUT2D eigenvalue weighted by molar-refractivity contribution is 0.162. The molecule has 134 valence electrons. The lowest BCUT2D eigenvalue weighted by Crippen LogP contribution is -2.45. The van der Waals surface area contributed by atoms with Crippen LogP contribution in [-0.2, 0) is 0 Å². The maximum absolute atomic E-state index is 9.89. The zero-order valence-electron chi connectivity index (χ0n) is 14.1. The number of nitrogens with zero attached hydrogens (tertiary/aromatic N) is 1. The van der Waals surface area contributed by atoms with Crippen LogP contribution in [0.25, 0.3) is 0 Å². The molecule has 6 heteroatoms. The van der Waals surface area contributed by atoms with E-state index in [1.54, 1.807) is 6.07 Å². The van der Waals surface area contributed by atoms with Crippen LogP contribution in [0, 0.1) is 0 Å². The van der Waals surface area contributed by atoms with Crippen molar-refractivity contribution in [2.24, 2.45) is 0 Å². The highest BCUT2D eigenvalue weighted by Gasteiger charge is 2.22. The lowest BCUT2D eigenvalue weighted by Gasteiger charge is -2.35. The molecule has 1 saturated heterocycles. The average molecular weight is 365 g/mol. The number of hydrogen-bond donors (Lipinski definition) is 2. The van der Waals surface area contributed by atoms with Crippen LogP contribution in [0.2, 0.25) is 0 Å². The number of phenolic OH excluding ortho intramolecular Hbond substituents is 1. The molecule has 0 unspecified atom stereocenters. The van der Waals surface area contributed by atoms with Gasteiger partial charge in [-0.15, -0.1) is 24.8 Å². The van der Waals surface area contributed by atoms with Crippen molar-refractivity contribution >= 4 is 24.8 Å². The number of benzene rings is 1. The Hall–Kier alpha value is -0.680. The quantitative estimate of drug-likeness (QED) is 0.772. The van der Waals surface area contributed by atoms with E-state index >= 15 is 0 Å². The van der Waals surface area contributed by atoms with Gasteiger partial charge in [0.05, 0.1) is 6.61 Å². The Morgan fingerprint density at radius 1 is 1.22 bits per heavy atom. The fraction of sp³-hybridized carbons (Fsp3) is 0.647. The molecule has 0 bridgehead atoms. The molecule has 1 fully saturated rings. The van der Waals surface area contributed by atoms with Gasteiger partial charge in [0, 0.05) is 32.2 Å². The van der Waals surface area contributed by atoms with E-state index in [-0.39, 0.29) is 30.6 Å². The Kier molecular flexibility index (Phi) is 11.4. The number of hydrogen-bond acceptors (Lipinski definition) is 4. The van der Waals surface area contributed by atoms with E-state index in [0.29, 0.717) is 18.4 Å². The molecule has 23 heavy (non-hydrogen) atoms. The first-order chi connectivity index (χ1) is 10.3. The number of aromatic hydroxyl groups is 1. The molecule has 4 nitrogen and oxygen atoms in total. The number of unbranched alkanes of at least 4 members (excludes halogenated alkanes) is 1. The van der Waals surface area contributed by atoms with Gasteiger partial charge in [-0.3, -0.25) is 4.90 Å². The first-order valence-electron chi connectivity index (χ1n) is 8.16. The Morgan fingerprint density at radius 3 is 2.52 bits per heavy atom. The second-order valence-electron chi connectivity index (χ2n) is 5.60. The summed E-state index contributed by atoms with van der Waals surface area (Å²) >= 11 is 0. The third kappa shape index (κ3) is 6.38. The van der Waals surface area contributed by atoms with Crippen LogP contribution in [0.4, 0.5) is 0 Å². The summed E-state index contributed by atoms with van der Waals surface area (Å²) in [6, 6.07) is 6.25. The zero-order chi connectivity index (χ0) is 15.1. The zero-order valence-corrected chi connectivity index (χ0v) is 15.7. The van der Waals surface area contributed by atoms with Gasteiger partial charge in [-0.25, -0.2) is 0 Å². The second kappa shape index (κ2) is 11.8. The van der Waals surface area contributed by atoms with Crippen molar-refractivity contribution in [1.29, 1.82) is 0 Å². The largest absolute Gasteiger partial charge is 0.504 e. The Morgan fingerprint density at radius 2 is 1.91 bits per heavy atom. The van der Waals surface area contributed by atoms with Crippen LogP contribution < -0.4 is 10.1 Å². The van der Waals surface area contributed by atoms with Gasteiger partial charge >= 0.3 is 0 Å². The SMILES string of the molecule is CCCC[C@@H](c1ccc(O)c(OCC)c1)N1CCNCC1.Cl.Cl. The Bertz CT molecular complexity index is 441. The molecule has 1 atom stereocenters. The lowest BCUT2D eigenvalue weighted by atomic mass is 9.98. The standard InChI is InChI=1S/C17H28N2O2.2ClH/c1-3-5-6-15(19-11-9-18-10-12-19)14-7-8-16(20)17(13-14)21-4-2;;/h7-8,13,15,18,20H,3-6,9-12H2,1-2H3;2*1H/t15-;;/m0../s1. The van der Waals surface area contributed by atoms with E-state index in [2.05, 4.69) is 17.1 Å². The van der Waals surface area contributed by atoms with E-state index in [4.69, 9.17) is 4.74 Å². The molecule has 2 rings (SSSR count). The summed E-state index contributed by atoms with van der Waals surface area (Å²) in [5.41, 5.74) is 1.26. The highest BCUT2D eigenvalue weighted by molar-refractivity contribution is 5.85. The van der Waals surface area contributed by atoms with Crippen molar-refractivity contribution in [3.05, 3.63) is 23.8 Å². The van der Waals surface area contributed by atoms with Gasteiger partial charge in [0.25, 0.3) is 0 Å². The fourth-order valence-electron chi connectivity index (χ4n) is 2.96. The Labute approximate surface area is 152 Å². The third-order valence-electron chi connectivity index (χ3n) is 4.09. The number of rotatable bonds is 7. The number of nitrogens with one attached hydrogen (secondary N) is 1. The van der Waals surface area contributed by atoms with Crippen molar-refractivity contribution in [3.63, 3.8) is 0 Å². The van der Waals surface area contributed by atoms with Crippen LogP contribution in [0.1, 0.15) is 44.7 Å². The first kappa shape index (κ1) is 22.3. The molecular formula is C17H30Cl2N2O2. The highest BCUT2D eigenvalue weighted by atomic mass is 35.5. The predicted octanol–water partition coefficient (Wildman–Crippen LogP) is 3.77. The summed E-state index contributed by atoms with van der Waals surface area (Å²) in [5, 5.41) is 13.3. The molecular weight excluding hydrogens is 335 g/mol. The van der Waals surface area contributed by atoms with Gasteiger partial charge in [-0.2, -0.15) is 0 Å². The van der Waals surface area contributed by atoms with E-state index < -0.39 is 0 Å². The maximum Gasteiger partial charge on any atom is 0.161 e. The summed E-state index contributed by atoms with van der Waals surface area (Å²) < 4.78 is 5.54. The second-order valence-corrected chi connectivity index (χ2v) is 5.60. The molecule has 1 aliphatic heterocycles. The van der Waals surface area contributed by atoms with Crippen LogP contribution in [0.15, 0.2) is 18.2 Å². The third-order valence-corrected chi connectivity index (χ3v) is 4.09. The summed E-state index contributed by atoms with van der Waals surface area (Å²) in [6.07, 6.45) is 3.59. The van der Waals surface area contributed by atoms with Crippen LogP contribution in [0.5, 0.6) is 11.5 Å². The molecule has 2 N–H and O–H groups in total. The van der Waals surface area contributed by atoms with Crippen molar-refractivity contribution in [2.75, 3.05) is 32.8 Å². The minimum Gasteiger partial charge on any atom is -0.504 e. The Balaban J connectivity index is 0.00000242. The number of phenols is 1. The van der Waals surface area contributed by atoms with E-state index in [1.807, 2.05) is 19.1 Å². The summed E-state index contributed by atoms with van der Waals surface area (Å²) in [6.45, 7) is 9.02. The predicted molar refractivity (Wildman–Crippen MR) is 100 cm³/mol. The monoisotopic (exact) mass is 364 g/mol. The number of piperazine rings is 1. The van der Waals surface area contributed by atoms with Gasteiger partial charge in [-0.05, 0) is 31.0 Å². The van der Waals surface area contributed by atoms with Gasteiger partial charge in [0.2, 0.25) is 0 Å². The van der Waals surface area contributed by atoms with Crippen molar-refractivity contribution in [2.45, 2.75) is 39.2 Å². The molecule has 1 aliphatic rings. The van der Waals surface area contributed by atoms with Crippen LogP contribution in [0.3, 0.4) is 0 Å². The average Bonchev–Trinajstić information content (AvgIpc) is 2.52. The van der Waals surface area contributed by atoms with Crippen molar-refractivity contribution < 1.29 is 9.84 Å². The van der Waals surface area contributed by atoms with Gasteiger partial charge in [-0.1, -0.05) is 25.8 Å². The van der Waals surface area contributed by atoms with Gasteiger partial charge in [0.1, 0.15) is 0 Å². The van der Waals surface area contributed by atoms with E-state index in [1.165, 1.54) is 18.4 Å². The molecule has 0 spiro atoms. The summed E-state index contributed by atoms with van der Waals surface area (Å²) in [4.78, 5) is 2.55. The fourth-order valence-corrected chi connectivity index (χ4v) is 2.96. The van der Waals surface area contributed by atoms with Gasteiger partial charge in [0.15, 0.2) is 11.5 Å². The minimum absolute atomic E-state index is 0. The van der Waals surface area contributed by atoms with Crippen molar-refractivity contribution in [1.82, 2.24) is 10.2 Å². The van der Waals surface area contributed by atoms with E-state index in [9.17, 15) is 5.11 Å². The van der Waals surface area contributed by atoms with E-state index in [0.717, 1.165) is 32.6 Å². The molecule has 0 radical (unpaired) electrons. The van der Waals surface area contributed by atoms with Gasteiger partial charge < -0.3 is 15.2 Å². The molecule has 0 saturated carbocycles. The number of ether oxygens (including phenoxy) is 1. The smallest absolute Gasteiger partial charge is 0.161 e. The minimum atomic E-state index is 0. The molecule has 0 aromatic heterocycles. The molecule has 1 aromatic carbocycles. The van der Waals surface area contributed by atoms with Crippen LogP contribution in [-0.4, -0.2) is 42.8 Å². The molecule has 1 aromatic rings. The molecule has 0 aliphatic carbocycles. The summed E-state index contributed by atoms with van der Waals surface area (Å²) in [7, 11) is 0. The molecule has 0 amide bonds. The van der Waals surface area contributed by atoms with Crippen molar-refractivity contribution in [3.8, 4) is 11.5 Å². The normalized spacial score (nSPS) is 16.1. The molecule has 1 heterocycles. The van der Waals surface area contributed by atoms with Crippen LogP contribution >= 0.6 is 24.8 Å². The topological polar surface area (TPSA) is 44.7 Å². The highest BCUT2D eigenvalue weighted by Crippen LogP contribution is 2.33. The maximum atomic E-state index is 9.89. The first-order valence-corrected chi connectivity index (χ1v) is 8.16. The summed E-state index contributed by atoms with van der Waals surface area (Å²) in [5.74, 6) is 0.835.